The van der Waals surface area contributed by atoms with Crippen LogP contribution < -0.4 is 5.56 Å². The second kappa shape index (κ2) is 6.36. The van der Waals surface area contributed by atoms with Crippen molar-refractivity contribution in [2.75, 3.05) is 0 Å². The SMILES string of the molecule is O=C(Cn1cnc2scc(-c3ccccc3)c2c1=O)C12CC3CC(CC(C3)C1)C2. The number of rotatable bonds is 4. The van der Waals surface area contributed by atoms with Gasteiger partial charge in [-0.1, -0.05) is 30.3 Å². The van der Waals surface area contributed by atoms with Gasteiger partial charge in [-0.15, -0.1) is 11.3 Å². The van der Waals surface area contributed by atoms with E-state index in [0.29, 0.717) is 5.39 Å². The smallest absolute Gasteiger partial charge is 0.263 e. The van der Waals surface area contributed by atoms with E-state index in [1.54, 1.807) is 10.9 Å². The van der Waals surface area contributed by atoms with E-state index in [1.807, 2.05) is 35.7 Å². The van der Waals surface area contributed by atoms with E-state index >= 15 is 0 Å². The van der Waals surface area contributed by atoms with Crippen LogP contribution in [-0.4, -0.2) is 15.3 Å². The quantitative estimate of drug-likeness (QED) is 0.621. The summed E-state index contributed by atoms with van der Waals surface area (Å²) in [4.78, 5) is 32.0. The Labute approximate surface area is 173 Å². The number of carbonyl (C=O) groups is 1. The minimum absolute atomic E-state index is 0.0896. The van der Waals surface area contributed by atoms with Gasteiger partial charge in [-0.05, 0) is 61.8 Å². The van der Waals surface area contributed by atoms with Crippen LogP contribution in [-0.2, 0) is 11.3 Å². The Morgan fingerprint density at radius 1 is 1.07 bits per heavy atom. The Bertz CT molecular complexity index is 1130. The summed E-state index contributed by atoms with van der Waals surface area (Å²) >= 11 is 1.49. The first kappa shape index (κ1) is 17.6. The number of benzene rings is 1. The first-order valence-corrected chi connectivity index (χ1v) is 11.5. The number of thiophene rings is 1. The van der Waals surface area contributed by atoms with Crippen molar-refractivity contribution in [3.8, 4) is 11.1 Å². The van der Waals surface area contributed by atoms with E-state index < -0.39 is 0 Å². The van der Waals surface area contributed by atoms with Gasteiger partial charge >= 0.3 is 0 Å². The number of nitrogens with zero attached hydrogens (tertiary/aromatic N) is 2. The normalized spacial score (nSPS) is 30.1. The third-order valence-electron chi connectivity index (χ3n) is 7.59. The number of Topliss-reactive ketones (excluding diaryl/α,β-unsaturated/α-hetero) is 1. The molecular weight excluding hydrogens is 380 g/mol. The second-order valence-electron chi connectivity index (χ2n) is 9.49. The van der Waals surface area contributed by atoms with Gasteiger partial charge in [0.05, 0.1) is 18.3 Å². The van der Waals surface area contributed by atoms with Gasteiger partial charge in [-0.25, -0.2) is 4.98 Å². The molecule has 0 saturated heterocycles. The summed E-state index contributed by atoms with van der Waals surface area (Å²) in [6.45, 7) is 0.165. The molecule has 0 spiro atoms. The van der Waals surface area contributed by atoms with Crippen molar-refractivity contribution < 1.29 is 4.79 Å². The van der Waals surface area contributed by atoms with E-state index in [1.165, 1.54) is 30.6 Å². The number of ketones is 1. The van der Waals surface area contributed by atoms with Gasteiger partial charge in [-0.2, -0.15) is 0 Å². The van der Waals surface area contributed by atoms with Crippen LogP contribution in [0.25, 0.3) is 21.3 Å². The van der Waals surface area contributed by atoms with Gasteiger partial charge in [0.25, 0.3) is 5.56 Å². The van der Waals surface area contributed by atoms with Crippen LogP contribution in [0.4, 0.5) is 0 Å². The minimum Gasteiger partial charge on any atom is -0.297 e. The summed E-state index contributed by atoms with van der Waals surface area (Å²) in [6, 6.07) is 9.95. The molecule has 29 heavy (non-hydrogen) atoms. The number of carbonyl (C=O) groups excluding carboxylic acids is 1. The highest BCUT2D eigenvalue weighted by Gasteiger charge is 2.54. The van der Waals surface area contributed by atoms with Crippen LogP contribution in [0.2, 0.25) is 0 Å². The minimum atomic E-state index is -0.181. The Morgan fingerprint density at radius 3 is 2.38 bits per heavy atom. The molecule has 4 fully saturated rings. The van der Waals surface area contributed by atoms with E-state index in [-0.39, 0.29) is 23.3 Å². The summed E-state index contributed by atoms with van der Waals surface area (Å²) < 4.78 is 1.56. The van der Waals surface area contributed by atoms with E-state index in [9.17, 15) is 9.59 Å². The average Bonchev–Trinajstić information content (AvgIpc) is 3.15. The van der Waals surface area contributed by atoms with E-state index in [4.69, 9.17) is 0 Å². The van der Waals surface area contributed by atoms with Crippen LogP contribution in [0.5, 0.6) is 0 Å². The third kappa shape index (κ3) is 2.74. The summed E-state index contributed by atoms with van der Waals surface area (Å²) in [7, 11) is 0. The molecule has 3 aromatic rings. The molecule has 0 amide bonds. The van der Waals surface area contributed by atoms with E-state index in [0.717, 1.165) is 53.0 Å². The molecule has 2 heterocycles. The first-order valence-electron chi connectivity index (χ1n) is 10.7. The molecule has 2 aromatic heterocycles. The molecule has 4 aliphatic rings. The van der Waals surface area contributed by atoms with Crippen LogP contribution in [0.1, 0.15) is 38.5 Å². The largest absolute Gasteiger partial charge is 0.297 e. The zero-order chi connectivity index (χ0) is 19.6. The number of hydrogen-bond acceptors (Lipinski definition) is 4. The standard InChI is InChI=1S/C24H24N2O2S/c27-20(24-9-15-6-16(10-24)8-17(7-15)11-24)12-26-14-25-22-21(23(26)28)19(13-29-22)18-4-2-1-3-5-18/h1-5,13-17H,6-12H2. The van der Waals surface area contributed by atoms with Crippen molar-refractivity contribution >= 4 is 27.3 Å². The predicted molar refractivity (Wildman–Crippen MR) is 115 cm³/mol. The molecule has 4 nitrogen and oxygen atoms in total. The number of hydrogen-bond donors (Lipinski definition) is 0. The van der Waals surface area contributed by atoms with Gasteiger partial charge in [0.2, 0.25) is 0 Å². The van der Waals surface area contributed by atoms with Crippen LogP contribution >= 0.6 is 11.3 Å². The fraction of sp³-hybridized carbons (Fsp3) is 0.458. The van der Waals surface area contributed by atoms with Gasteiger partial charge in [-0.3, -0.25) is 14.2 Å². The van der Waals surface area contributed by atoms with E-state index in [2.05, 4.69) is 4.98 Å². The van der Waals surface area contributed by atoms with Gasteiger partial charge in [0, 0.05) is 16.4 Å². The van der Waals surface area contributed by atoms with Gasteiger partial charge in [0.15, 0.2) is 5.78 Å². The summed E-state index contributed by atoms with van der Waals surface area (Å²) in [5, 5.41) is 2.64. The maximum Gasteiger partial charge on any atom is 0.263 e. The maximum atomic E-state index is 13.5. The van der Waals surface area contributed by atoms with Crippen molar-refractivity contribution in [2.24, 2.45) is 23.2 Å². The lowest BCUT2D eigenvalue weighted by Gasteiger charge is -2.56. The highest BCUT2D eigenvalue weighted by atomic mass is 32.1. The molecule has 148 valence electrons. The summed E-state index contributed by atoms with van der Waals surface area (Å²) in [6.07, 6.45) is 8.64. The molecule has 4 aliphatic carbocycles. The highest BCUT2D eigenvalue weighted by Crippen LogP contribution is 2.60. The van der Waals surface area contributed by atoms with Crippen molar-refractivity contribution in [3.05, 3.63) is 52.4 Å². The molecule has 0 N–H and O–H groups in total. The number of aromatic nitrogens is 2. The molecule has 0 unspecified atom stereocenters. The Hall–Kier alpha value is -2.27. The molecule has 0 atom stereocenters. The predicted octanol–water partition coefficient (Wildman–Crippen LogP) is 4.91. The second-order valence-corrected chi connectivity index (χ2v) is 10.4. The lowest BCUT2D eigenvalue weighted by molar-refractivity contribution is -0.144. The molecule has 7 rings (SSSR count). The summed E-state index contributed by atoms with van der Waals surface area (Å²) in [5.74, 6) is 2.44. The zero-order valence-electron chi connectivity index (χ0n) is 16.3. The Balaban J connectivity index is 1.36. The zero-order valence-corrected chi connectivity index (χ0v) is 17.2. The lowest BCUT2D eigenvalue weighted by Crippen LogP contribution is -2.51. The molecule has 0 radical (unpaired) electrons. The van der Waals surface area contributed by atoms with Crippen molar-refractivity contribution in [3.63, 3.8) is 0 Å². The molecule has 4 saturated carbocycles. The molecule has 1 aromatic carbocycles. The third-order valence-corrected chi connectivity index (χ3v) is 8.48. The van der Waals surface area contributed by atoms with Crippen molar-refractivity contribution in [1.82, 2.24) is 9.55 Å². The topological polar surface area (TPSA) is 52.0 Å². The Morgan fingerprint density at radius 2 is 1.72 bits per heavy atom. The van der Waals surface area contributed by atoms with Gasteiger partial charge in [0.1, 0.15) is 4.83 Å². The highest BCUT2D eigenvalue weighted by molar-refractivity contribution is 7.17. The fourth-order valence-corrected chi connectivity index (χ4v) is 7.59. The first-order chi connectivity index (χ1) is 14.1. The lowest BCUT2D eigenvalue weighted by atomic mass is 9.48. The monoisotopic (exact) mass is 404 g/mol. The average molecular weight is 405 g/mol. The van der Waals surface area contributed by atoms with Crippen LogP contribution in [0.15, 0.2) is 46.8 Å². The fourth-order valence-electron chi connectivity index (χ4n) is 6.68. The Kier molecular flexibility index (Phi) is 3.86. The van der Waals surface area contributed by atoms with Crippen molar-refractivity contribution in [1.29, 1.82) is 0 Å². The molecule has 4 bridgehead atoms. The van der Waals surface area contributed by atoms with Crippen LogP contribution in [0.3, 0.4) is 0 Å². The molecule has 0 aliphatic heterocycles. The van der Waals surface area contributed by atoms with Crippen LogP contribution in [0, 0.1) is 23.2 Å². The number of fused-ring (bicyclic) bond motifs is 1. The maximum absolute atomic E-state index is 13.5. The summed E-state index contributed by atoms with van der Waals surface area (Å²) in [5.41, 5.74) is 1.66. The van der Waals surface area contributed by atoms with Crippen molar-refractivity contribution in [2.45, 2.75) is 45.1 Å². The van der Waals surface area contributed by atoms with Gasteiger partial charge < -0.3 is 0 Å². The molecule has 5 heteroatoms. The molecular formula is C24H24N2O2S.